The SMILES string of the molecule is CNCCCCC(NC(=O)COCCOCCNC(=O)CCC(NC(=O)CCCCCCCCCCCCCCC(=O)O)C(=O)O)C(=O)O. The smallest absolute Gasteiger partial charge is 0.326 e. The van der Waals surface area contributed by atoms with Crippen LogP contribution in [-0.2, 0) is 38.2 Å². The number of carbonyl (C=O) groups excluding carboxylic acids is 3. The molecule has 0 saturated carbocycles. The molecule has 0 bridgehead atoms. The summed E-state index contributed by atoms with van der Waals surface area (Å²) in [5.41, 5.74) is 0. The molecule has 0 radical (unpaired) electrons. The van der Waals surface area contributed by atoms with Crippen LogP contribution in [0, 0.1) is 0 Å². The fraction of sp³-hybridized carbons (Fsp3) is 0.824. The van der Waals surface area contributed by atoms with Gasteiger partial charge in [-0.05, 0) is 52.1 Å². The number of aliphatic carboxylic acids is 3. The van der Waals surface area contributed by atoms with Gasteiger partial charge in [0.15, 0.2) is 0 Å². The van der Waals surface area contributed by atoms with E-state index in [2.05, 4.69) is 21.3 Å². The van der Waals surface area contributed by atoms with E-state index in [0.717, 1.165) is 64.3 Å². The van der Waals surface area contributed by atoms with Crippen molar-refractivity contribution in [1.29, 1.82) is 0 Å². The first-order chi connectivity index (χ1) is 23.6. The fourth-order valence-corrected chi connectivity index (χ4v) is 5.01. The van der Waals surface area contributed by atoms with Gasteiger partial charge in [-0.15, -0.1) is 0 Å². The van der Waals surface area contributed by atoms with Crippen molar-refractivity contribution >= 4 is 35.6 Å². The van der Waals surface area contributed by atoms with Crippen LogP contribution >= 0.6 is 0 Å². The highest BCUT2D eigenvalue weighted by Gasteiger charge is 2.21. The molecule has 15 nitrogen and oxygen atoms in total. The molecule has 7 N–H and O–H groups in total. The third-order valence-corrected chi connectivity index (χ3v) is 7.81. The Balaban J connectivity index is 3.83. The molecule has 2 atom stereocenters. The van der Waals surface area contributed by atoms with Gasteiger partial charge < -0.3 is 46.1 Å². The third kappa shape index (κ3) is 30.5. The van der Waals surface area contributed by atoms with Crippen LogP contribution in [0.4, 0.5) is 0 Å². The molecule has 0 aliphatic carbocycles. The molecule has 0 aromatic heterocycles. The molecule has 49 heavy (non-hydrogen) atoms. The van der Waals surface area contributed by atoms with E-state index >= 15 is 0 Å². The van der Waals surface area contributed by atoms with Crippen molar-refractivity contribution in [3.8, 4) is 0 Å². The number of carbonyl (C=O) groups is 6. The lowest BCUT2D eigenvalue weighted by molar-refractivity contribution is -0.143. The maximum Gasteiger partial charge on any atom is 0.326 e. The van der Waals surface area contributed by atoms with Gasteiger partial charge >= 0.3 is 17.9 Å². The summed E-state index contributed by atoms with van der Waals surface area (Å²) in [7, 11) is 1.81. The maximum absolute atomic E-state index is 12.2. The molecule has 0 aliphatic rings. The molecule has 0 aromatic carbocycles. The predicted octanol–water partition coefficient (Wildman–Crippen LogP) is 2.99. The van der Waals surface area contributed by atoms with Crippen molar-refractivity contribution in [1.82, 2.24) is 21.3 Å². The average Bonchev–Trinajstić information content (AvgIpc) is 3.05. The van der Waals surface area contributed by atoms with Gasteiger partial charge in [-0.2, -0.15) is 0 Å². The standard InChI is InChI=1S/C34H62N4O11/c1-35-21-15-14-16-27(33(44)45)38-31(41)26-49-25-24-48-23-22-36-29(39)20-19-28(34(46)47)37-30(40)17-12-10-8-6-4-2-3-5-7-9-11-13-18-32(42)43/h27-28,35H,2-26H2,1H3,(H,36,39)(H,37,40)(H,38,41)(H,42,43)(H,44,45)(H,46,47). The number of carboxylic acid groups (broad SMARTS) is 3. The lowest BCUT2D eigenvalue weighted by Crippen LogP contribution is -2.42. The summed E-state index contributed by atoms with van der Waals surface area (Å²) in [6, 6.07) is -2.12. The second-order valence-corrected chi connectivity index (χ2v) is 12.2. The number of rotatable bonds is 35. The Morgan fingerprint density at radius 1 is 0.510 bits per heavy atom. The van der Waals surface area contributed by atoms with Crippen molar-refractivity contribution in [2.45, 2.75) is 134 Å². The largest absolute Gasteiger partial charge is 0.481 e. The summed E-state index contributed by atoms with van der Waals surface area (Å²) in [5, 5.41) is 37.9. The minimum Gasteiger partial charge on any atom is -0.481 e. The highest BCUT2D eigenvalue weighted by atomic mass is 16.5. The number of hydrogen-bond acceptors (Lipinski definition) is 9. The third-order valence-electron chi connectivity index (χ3n) is 7.81. The number of carboxylic acids is 3. The highest BCUT2D eigenvalue weighted by molar-refractivity contribution is 5.85. The minimum atomic E-state index is -1.19. The molecule has 0 spiro atoms. The molecular formula is C34H62N4O11. The zero-order valence-corrected chi connectivity index (χ0v) is 29.4. The first-order valence-electron chi connectivity index (χ1n) is 17.9. The van der Waals surface area contributed by atoms with Crippen molar-refractivity contribution in [2.75, 3.05) is 46.6 Å². The van der Waals surface area contributed by atoms with Crippen LogP contribution in [0.5, 0.6) is 0 Å². The second kappa shape index (κ2) is 31.9. The zero-order chi connectivity index (χ0) is 36.5. The molecule has 0 rings (SSSR count). The van der Waals surface area contributed by atoms with E-state index in [9.17, 15) is 39.0 Å². The molecule has 0 aliphatic heterocycles. The second-order valence-electron chi connectivity index (χ2n) is 12.2. The topological polar surface area (TPSA) is 230 Å². The predicted molar refractivity (Wildman–Crippen MR) is 183 cm³/mol. The zero-order valence-electron chi connectivity index (χ0n) is 29.4. The van der Waals surface area contributed by atoms with E-state index in [0.29, 0.717) is 19.3 Å². The molecule has 0 heterocycles. The fourth-order valence-electron chi connectivity index (χ4n) is 5.01. The molecule has 284 valence electrons. The molecule has 0 aromatic rings. The summed E-state index contributed by atoms with van der Waals surface area (Å²) in [6.07, 6.45) is 14.5. The van der Waals surface area contributed by atoms with Crippen LogP contribution in [-0.4, -0.2) is 110 Å². The van der Waals surface area contributed by atoms with Crippen LogP contribution in [0.25, 0.3) is 0 Å². The summed E-state index contributed by atoms with van der Waals surface area (Å²) >= 11 is 0. The molecule has 2 unspecified atom stereocenters. The minimum absolute atomic E-state index is 0.0370. The number of amides is 3. The molecule has 3 amide bonds. The Morgan fingerprint density at radius 3 is 1.57 bits per heavy atom. The number of nitrogens with one attached hydrogen (secondary N) is 4. The van der Waals surface area contributed by atoms with Gasteiger partial charge in [0.1, 0.15) is 18.7 Å². The Labute approximate surface area is 291 Å². The van der Waals surface area contributed by atoms with E-state index in [1.54, 1.807) is 0 Å². The number of ether oxygens (including phenoxy) is 2. The Morgan fingerprint density at radius 2 is 1.02 bits per heavy atom. The van der Waals surface area contributed by atoms with Gasteiger partial charge in [-0.1, -0.05) is 64.2 Å². The average molecular weight is 703 g/mol. The molecule has 15 heteroatoms. The van der Waals surface area contributed by atoms with Crippen LogP contribution < -0.4 is 21.3 Å². The van der Waals surface area contributed by atoms with E-state index in [-0.39, 0.29) is 70.5 Å². The van der Waals surface area contributed by atoms with Crippen molar-refractivity contribution in [3.63, 3.8) is 0 Å². The highest BCUT2D eigenvalue weighted by Crippen LogP contribution is 2.13. The Hall–Kier alpha value is -3.30. The lowest BCUT2D eigenvalue weighted by Gasteiger charge is -2.15. The van der Waals surface area contributed by atoms with Gasteiger partial charge in [0.2, 0.25) is 17.7 Å². The Bertz CT molecular complexity index is 936. The van der Waals surface area contributed by atoms with Crippen LogP contribution in [0.2, 0.25) is 0 Å². The number of hydrogen-bond donors (Lipinski definition) is 7. The summed E-state index contributed by atoms with van der Waals surface area (Å²) in [5.74, 6) is -4.26. The van der Waals surface area contributed by atoms with Gasteiger partial charge in [-0.3, -0.25) is 19.2 Å². The molecular weight excluding hydrogens is 640 g/mol. The van der Waals surface area contributed by atoms with Gasteiger partial charge in [0.25, 0.3) is 0 Å². The van der Waals surface area contributed by atoms with Gasteiger partial charge in [-0.25, -0.2) is 9.59 Å². The quantitative estimate of drug-likeness (QED) is 0.0473. The summed E-state index contributed by atoms with van der Waals surface area (Å²) in [4.78, 5) is 69.7. The van der Waals surface area contributed by atoms with E-state index < -0.39 is 35.9 Å². The lowest BCUT2D eigenvalue weighted by atomic mass is 10.0. The van der Waals surface area contributed by atoms with Crippen molar-refractivity contribution < 1.29 is 53.6 Å². The normalized spacial score (nSPS) is 12.2. The first-order valence-corrected chi connectivity index (χ1v) is 17.9. The first kappa shape index (κ1) is 45.7. The van der Waals surface area contributed by atoms with Crippen LogP contribution in [0.15, 0.2) is 0 Å². The Kier molecular flexibility index (Phi) is 29.8. The van der Waals surface area contributed by atoms with E-state index in [1.807, 2.05) is 7.05 Å². The van der Waals surface area contributed by atoms with Crippen LogP contribution in [0.3, 0.4) is 0 Å². The van der Waals surface area contributed by atoms with E-state index in [4.69, 9.17) is 14.6 Å². The van der Waals surface area contributed by atoms with Crippen molar-refractivity contribution in [2.24, 2.45) is 0 Å². The summed E-state index contributed by atoms with van der Waals surface area (Å²) < 4.78 is 10.6. The van der Waals surface area contributed by atoms with Crippen molar-refractivity contribution in [3.05, 3.63) is 0 Å². The maximum atomic E-state index is 12.2. The van der Waals surface area contributed by atoms with Gasteiger partial charge in [0, 0.05) is 25.8 Å². The number of unbranched alkanes of at least 4 members (excludes halogenated alkanes) is 12. The monoisotopic (exact) mass is 702 g/mol. The van der Waals surface area contributed by atoms with E-state index in [1.165, 1.54) is 19.3 Å². The molecule has 0 saturated heterocycles. The van der Waals surface area contributed by atoms with Gasteiger partial charge in [0.05, 0.1) is 19.8 Å². The van der Waals surface area contributed by atoms with Crippen LogP contribution in [0.1, 0.15) is 122 Å². The molecule has 0 fully saturated rings. The summed E-state index contributed by atoms with van der Waals surface area (Å²) in [6.45, 7) is 1.08.